The zero-order valence-electron chi connectivity index (χ0n) is 13.3. The number of rotatable bonds is 3. The molecule has 3 aromatic rings. The topological polar surface area (TPSA) is 77.3 Å². The number of amides is 1. The fourth-order valence-corrected chi connectivity index (χ4v) is 2.72. The number of aromatic nitrogens is 2. The molecule has 0 saturated carbocycles. The van der Waals surface area contributed by atoms with Crippen LogP contribution in [-0.4, -0.2) is 29.1 Å². The van der Waals surface area contributed by atoms with E-state index in [0.717, 1.165) is 23.2 Å². The highest BCUT2D eigenvalue weighted by atomic mass is 16.5. The summed E-state index contributed by atoms with van der Waals surface area (Å²) in [4.78, 5) is 20.9. The van der Waals surface area contributed by atoms with Crippen molar-refractivity contribution in [3.63, 3.8) is 0 Å². The van der Waals surface area contributed by atoms with Gasteiger partial charge in [0.15, 0.2) is 0 Å². The number of oxazole rings is 1. The maximum Gasteiger partial charge on any atom is 0.247 e. The summed E-state index contributed by atoms with van der Waals surface area (Å²) >= 11 is 0. The molecule has 4 rings (SSSR count). The van der Waals surface area contributed by atoms with Crippen LogP contribution in [0.2, 0.25) is 0 Å². The Kier molecular flexibility index (Phi) is 3.54. The Labute approximate surface area is 138 Å². The second kappa shape index (κ2) is 5.72. The summed E-state index contributed by atoms with van der Waals surface area (Å²) in [6, 6.07) is 11.1. The van der Waals surface area contributed by atoms with Gasteiger partial charge < -0.3 is 14.5 Å². The highest BCUT2D eigenvalue weighted by Crippen LogP contribution is 2.30. The van der Waals surface area contributed by atoms with Crippen molar-refractivity contribution in [3.05, 3.63) is 42.6 Å². The Bertz CT molecular complexity index is 847. The Morgan fingerprint density at radius 2 is 2.08 bits per heavy atom. The number of fused-ring (bicyclic) bond motifs is 1. The van der Waals surface area contributed by atoms with Gasteiger partial charge >= 0.3 is 0 Å². The minimum atomic E-state index is -0.454. The van der Waals surface area contributed by atoms with Crippen molar-refractivity contribution in [2.45, 2.75) is 13.3 Å². The molecule has 1 aliphatic heterocycles. The van der Waals surface area contributed by atoms with Gasteiger partial charge in [0.25, 0.3) is 0 Å². The molecule has 24 heavy (non-hydrogen) atoms. The molecule has 1 amide bonds. The summed E-state index contributed by atoms with van der Waals surface area (Å²) in [5.74, 6) is 0.497. The van der Waals surface area contributed by atoms with E-state index in [4.69, 9.17) is 9.15 Å². The van der Waals surface area contributed by atoms with Crippen LogP contribution >= 0.6 is 0 Å². The number of ether oxygens (including phenoxy) is 1. The van der Waals surface area contributed by atoms with Gasteiger partial charge in [-0.3, -0.25) is 4.79 Å². The molecular weight excluding hydrogens is 306 g/mol. The molecule has 122 valence electrons. The minimum Gasteiger partial charge on any atom is -0.418 e. The first-order valence-electron chi connectivity index (χ1n) is 7.85. The fourth-order valence-electron chi connectivity index (χ4n) is 2.72. The van der Waals surface area contributed by atoms with Crippen molar-refractivity contribution in [3.8, 4) is 11.5 Å². The van der Waals surface area contributed by atoms with E-state index < -0.39 is 5.41 Å². The summed E-state index contributed by atoms with van der Waals surface area (Å²) < 4.78 is 11.0. The number of hydrogen-bond donors (Lipinski definition) is 1. The number of pyridine rings is 1. The average molecular weight is 323 g/mol. The maximum atomic E-state index is 12.4. The van der Waals surface area contributed by atoms with Gasteiger partial charge in [-0.15, -0.1) is 0 Å². The number of nitrogens with zero attached hydrogens (tertiary/aromatic N) is 2. The third kappa shape index (κ3) is 2.65. The molecule has 2 aromatic heterocycles. The van der Waals surface area contributed by atoms with Crippen LogP contribution in [0.25, 0.3) is 22.7 Å². The van der Waals surface area contributed by atoms with Crippen LogP contribution in [-0.2, 0) is 9.53 Å². The molecule has 1 saturated heterocycles. The highest BCUT2D eigenvalue weighted by Gasteiger charge is 2.37. The van der Waals surface area contributed by atoms with E-state index in [2.05, 4.69) is 15.3 Å². The summed E-state index contributed by atoms with van der Waals surface area (Å²) in [5.41, 5.74) is 2.36. The van der Waals surface area contributed by atoms with Gasteiger partial charge in [-0.25, -0.2) is 9.97 Å². The van der Waals surface area contributed by atoms with Crippen molar-refractivity contribution in [2.24, 2.45) is 5.41 Å². The van der Waals surface area contributed by atoms with E-state index >= 15 is 0 Å². The van der Waals surface area contributed by atoms with E-state index in [0.29, 0.717) is 24.8 Å². The van der Waals surface area contributed by atoms with Gasteiger partial charge in [0.05, 0.1) is 12.0 Å². The predicted octanol–water partition coefficient (Wildman–Crippen LogP) is 3.25. The van der Waals surface area contributed by atoms with Crippen LogP contribution in [0.1, 0.15) is 13.3 Å². The number of benzene rings is 1. The SMILES string of the molecule is CC1(C(=O)Nc2ccc(-c3nc4cccnc4o3)cc2)CCOC1. The molecule has 1 N–H and O–H groups in total. The van der Waals surface area contributed by atoms with Crippen molar-refractivity contribution < 1.29 is 13.9 Å². The summed E-state index contributed by atoms with van der Waals surface area (Å²) in [7, 11) is 0. The second-order valence-electron chi connectivity index (χ2n) is 6.24. The van der Waals surface area contributed by atoms with Crippen LogP contribution in [0, 0.1) is 5.41 Å². The third-order valence-electron chi connectivity index (χ3n) is 4.32. The largest absolute Gasteiger partial charge is 0.418 e. The molecular formula is C18H17N3O3. The van der Waals surface area contributed by atoms with E-state index in [1.165, 1.54) is 0 Å². The van der Waals surface area contributed by atoms with Gasteiger partial charge in [-0.2, -0.15) is 0 Å². The zero-order valence-corrected chi connectivity index (χ0v) is 13.3. The first-order chi connectivity index (χ1) is 11.6. The number of carbonyl (C=O) groups is 1. The highest BCUT2D eigenvalue weighted by molar-refractivity contribution is 5.95. The van der Waals surface area contributed by atoms with Crippen LogP contribution in [0.5, 0.6) is 0 Å². The van der Waals surface area contributed by atoms with E-state index in [9.17, 15) is 4.79 Å². The lowest BCUT2D eigenvalue weighted by atomic mass is 9.89. The van der Waals surface area contributed by atoms with Gasteiger partial charge in [0, 0.05) is 24.1 Å². The summed E-state index contributed by atoms with van der Waals surface area (Å²) in [6.45, 7) is 3.02. The lowest BCUT2D eigenvalue weighted by Gasteiger charge is -2.20. The van der Waals surface area contributed by atoms with Gasteiger partial charge in [-0.05, 0) is 49.7 Å². The maximum absolute atomic E-state index is 12.4. The molecule has 1 aromatic carbocycles. The second-order valence-corrected chi connectivity index (χ2v) is 6.24. The predicted molar refractivity (Wildman–Crippen MR) is 89.4 cm³/mol. The molecule has 6 nitrogen and oxygen atoms in total. The monoisotopic (exact) mass is 323 g/mol. The third-order valence-corrected chi connectivity index (χ3v) is 4.32. The first-order valence-corrected chi connectivity index (χ1v) is 7.85. The van der Waals surface area contributed by atoms with Crippen molar-refractivity contribution >= 4 is 22.8 Å². The van der Waals surface area contributed by atoms with Crippen LogP contribution in [0.15, 0.2) is 47.0 Å². The van der Waals surface area contributed by atoms with Gasteiger partial charge in [0.1, 0.15) is 5.52 Å². The van der Waals surface area contributed by atoms with Gasteiger partial charge in [-0.1, -0.05) is 0 Å². The lowest BCUT2D eigenvalue weighted by molar-refractivity contribution is -0.124. The molecule has 0 aliphatic carbocycles. The number of carbonyl (C=O) groups excluding carboxylic acids is 1. The van der Waals surface area contributed by atoms with Crippen LogP contribution in [0.3, 0.4) is 0 Å². The average Bonchev–Trinajstić information content (AvgIpc) is 3.22. The Morgan fingerprint density at radius 3 is 2.79 bits per heavy atom. The Balaban J connectivity index is 1.53. The number of anilines is 1. The van der Waals surface area contributed by atoms with Crippen LogP contribution < -0.4 is 5.32 Å². The molecule has 6 heteroatoms. The smallest absolute Gasteiger partial charge is 0.247 e. The Morgan fingerprint density at radius 1 is 1.25 bits per heavy atom. The molecule has 1 aliphatic rings. The number of hydrogen-bond acceptors (Lipinski definition) is 5. The Hall–Kier alpha value is -2.73. The summed E-state index contributed by atoms with van der Waals surface area (Å²) in [6.07, 6.45) is 2.41. The molecule has 0 radical (unpaired) electrons. The lowest BCUT2D eigenvalue weighted by Crippen LogP contribution is -2.33. The minimum absolute atomic E-state index is 0.0150. The van der Waals surface area contributed by atoms with Crippen molar-refractivity contribution in [1.29, 1.82) is 0 Å². The fraction of sp³-hybridized carbons (Fsp3) is 0.278. The molecule has 1 unspecified atom stereocenters. The van der Waals surface area contributed by atoms with Crippen molar-refractivity contribution in [1.82, 2.24) is 9.97 Å². The first kappa shape index (κ1) is 14.8. The zero-order chi connectivity index (χ0) is 16.6. The van der Waals surface area contributed by atoms with E-state index in [1.807, 2.05) is 43.3 Å². The van der Waals surface area contributed by atoms with E-state index in [1.54, 1.807) is 6.20 Å². The summed E-state index contributed by atoms with van der Waals surface area (Å²) in [5, 5.41) is 2.95. The van der Waals surface area contributed by atoms with E-state index in [-0.39, 0.29) is 5.91 Å². The quantitative estimate of drug-likeness (QED) is 0.800. The van der Waals surface area contributed by atoms with Gasteiger partial charge in [0.2, 0.25) is 17.5 Å². The molecule has 1 atom stereocenters. The molecule has 3 heterocycles. The number of nitrogens with one attached hydrogen (secondary N) is 1. The standard InChI is InChI=1S/C18H17N3O3/c1-18(8-10-23-11-18)17(22)20-13-6-4-12(5-7-13)15-21-14-3-2-9-19-16(14)24-15/h2-7,9H,8,10-11H2,1H3,(H,20,22). The normalized spacial score (nSPS) is 20.4. The molecule has 0 bridgehead atoms. The van der Waals surface area contributed by atoms with Crippen molar-refractivity contribution in [2.75, 3.05) is 18.5 Å². The molecule has 1 fully saturated rings. The van der Waals surface area contributed by atoms with Crippen LogP contribution in [0.4, 0.5) is 5.69 Å². The molecule has 0 spiro atoms.